The molecule has 0 aliphatic carbocycles. The number of hydrogen-bond donors (Lipinski definition) is 2. The lowest BCUT2D eigenvalue weighted by Crippen LogP contribution is -2.28. The van der Waals surface area contributed by atoms with E-state index in [1.807, 2.05) is 32.0 Å². The molecule has 150 valence electrons. The van der Waals surface area contributed by atoms with Gasteiger partial charge in [0.1, 0.15) is 11.3 Å². The molecule has 3 aromatic rings. The molecule has 1 aromatic carbocycles. The van der Waals surface area contributed by atoms with Gasteiger partial charge in [-0.05, 0) is 31.0 Å². The van der Waals surface area contributed by atoms with Crippen LogP contribution >= 0.6 is 15.9 Å². The molecule has 2 heterocycles. The minimum Gasteiger partial charge on any atom is -0.382 e. The molecule has 0 bridgehead atoms. The second kappa shape index (κ2) is 8.87. The van der Waals surface area contributed by atoms with Crippen molar-refractivity contribution < 1.29 is 9.63 Å². The Labute approximate surface area is 172 Å². The lowest BCUT2D eigenvalue weighted by Gasteiger charge is -2.12. The largest absolute Gasteiger partial charge is 0.382 e. The summed E-state index contributed by atoms with van der Waals surface area (Å²) in [5.41, 5.74) is 11.3. The summed E-state index contributed by atoms with van der Waals surface area (Å²) in [6.07, 6.45) is 2.58. The normalized spacial score (nSPS) is 11.6. The van der Waals surface area contributed by atoms with E-state index in [0.29, 0.717) is 12.4 Å². The van der Waals surface area contributed by atoms with Crippen molar-refractivity contribution in [3.05, 3.63) is 28.5 Å². The van der Waals surface area contributed by atoms with Crippen LogP contribution in [0.3, 0.4) is 0 Å². The minimum atomic E-state index is -0.116. The Morgan fingerprint density at radius 1 is 1.36 bits per heavy atom. The maximum atomic E-state index is 11.6. The number of aryl methyl sites for hydroxylation is 2. The fourth-order valence-electron chi connectivity index (χ4n) is 3.12. The van der Waals surface area contributed by atoms with Gasteiger partial charge in [0.25, 0.3) is 0 Å². The molecule has 3 rings (SSSR count). The average Bonchev–Trinajstić information content (AvgIpc) is 3.00. The standard InChI is InChI=1S/C20H26BrN5O2/c1-4-6-16-24-17-18(14-8-7-13(21)11-15(14)23-19(17)22)26(16)9-5-10-28-25-20(27)12(2)3/h7-8,11-12H,4-6,9-10H2,1-3H3,(H2,22,23)(H,25,27). The summed E-state index contributed by atoms with van der Waals surface area (Å²) < 4.78 is 3.17. The predicted molar refractivity (Wildman–Crippen MR) is 115 cm³/mol. The van der Waals surface area contributed by atoms with Crippen molar-refractivity contribution in [2.24, 2.45) is 5.92 Å². The number of carbonyl (C=O) groups is 1. The number of amides is 1. The van der Waals surface area contributed by atoms with E-state index >= 15 is 0 Å². The molecule has 0 aliphatic heterocycles. The number of nitrogens with two attached hydrogens (primary N) is 1. The molecule has 2 aromatic heterocycles. The van der Waals surface area contributed by atoms with Crippen LogP contribution in [0, 0.1) is 5.92 Å². The number of aromatic nitrogens is 3. The van der Waals surface area contributed by atoms with Gasteiger partial charge in [-0.15, -0.1) is 0 Å². The number of halogens is 1. The summed E-state index contributed by atoms with van der Waals surface area (Å²) >= 11 is 3.50. The number of hydroxylamine groups is 1. The molecule has 0 unspecified atom stereocenters. The lowest BCUT2D eigenvalue weighted by molar-refractivity contribution is -0.136. The number of nitrogen functional groups attached to an aromatic ring is 1. The van der Waals surface area contributed by atoms with Crippen molar-refractivity contribution in [3.8, 4) is 0 Å². The second-order valence-corrected chi connectivity index (χ2v) is 8.02. The number of carbonyl (C=O) groups excluding carboxylic acids is 1. The Kier molecular flexibility index (Phi) is 6.51. The van der Waals surface area contributed by atoms with Crippen LogP contribution in [0.15, 0.2) is 22.7 Å². The van der Waals surface area contributed by atoms with Crippen molar-refractivity contribution in [2.45, 2.75) is 46.6 Å². The summed E-state index contributed by atoms with van der Waals surface area (Å²) in [6.45, 7) is 6.93. The number of nitrogens with one attached hydrogen (secondary N) is 1. The minimum absolute atomic E-state index is 0.102. The van der Waals surface area contributed by atoms with Gasteiger partial charge in [0, 0.05) is 28.7 Å². The van der Waals surface area contributed by atoms with E-state index in [1.54, 1.807) is 0 Å². The van der Waals surface area contributed by atoms with Gasteiger partial charge >= 0.3 is 0 Å². The Bertz CT molecular complexity index is 999. The van der Waals surface area contributed by atoms with Crippen LogP contribution in [0.25, 0.3) is 21.9 Å². The second-order valence-electron chi connectivity index (χ2n) is 7.11. The molecule has 0 radical (unpaired) electrons. The number of pyridine rings is 1. The van der Waals surface area contributed by atoms with Crippen molar-refractivity contribution in [1.82, 2.24) is 20.0 Å². The van der Waals surface area contributed by atoms with E-state index in [1.165, 1.54) is 0 Å². The highest BCUT2D eigenvalue weighted by atomic mass is 79.9. The molecule has 0 saturated carbocycles. The number of rotatable bonds is 8. The first kappa shape index (κ1) is 20.5. The van der Waals surface area contributed by atoms with Crippen LogP contribution in [0.1, 0.15) is 39.4 Å². The van der Waals surface area contributed by atoms with Crippen LogP contribution in [0.4, 0.5) is 5.82 Å². The maximum Gasteiger partial charge on any atom is 0.246 e. The zero-order valence-electron chi connectivity index (χ0n) is 16.5. The van der Waals surface area contributed by atoms with E-state index < -0.39 is 0 Å². The number of imidazole rings is 1. The van der Waals surface area contributed by atoms with Crippen molar-refractivity contribution in [1.29, 1.82) is 0 Å². The van der Waals surface area contributed by atoms with Gasteiger partial charge in [-0.3, -0.25) is 9.63 Å². The zero-order chi connectivity index (χ0) is 20.3. The van der Waals surface area contributed by atoms with Crippen LogP contribution in [0.5, 0.6) is 0 Å². The lowest BCUT2D eigenvalue weighted by atomic mass is 10.2. The molecule has 0 fully saturated rings. The molecule has 7 nitrogen and oxygen atoms in total. The molecule has 0 spiro atoms. The predicted octanol–water partition coefficient (Wildman–Crippen LogP) is 3.98. The number of fused-ring (bicyclic) bond motifs is 3. The van der Waals surface area contributed by atoms with Crippen LogP contribution in [0.2, 0.25) is 0 Å². The molecule has 0 saturated heterocycles. The van der Waals surface area contributed by atoms with E-state index in [9.17, 15) is 4.79 Å². The summed E-state index contributed by atoms with van der Waals surface area (Å²) in [4.78, 5) is 26.2. The number of benzene rings is 1. The highest BCUT2D eigenvalue weighted by Gasteiger charge is 2.17. The quantitative estimate of drug-likeness (QED) is 0.402. The maximum absolute atomic E-state index is 11.6. The molecule has 3 N–H and O–H groups in total. The molecule has 1 amide bonds. The van der Waals surface area contributed by atoms with Gasteiger partial charge in [-0.2, -0.15) is 0 Å². The van der Waals surface area contributed by atoms with Crippen LogP contribution in [-0.4, -0.2) is 27.0 Å². The third-order valence-corrected chi connectivity index (χ3v) is 5.04. The van der Waals surface area contributed by atoms with Crippen molar-refractivity contribution in [2.75, 3.05) is 12.3 Å². The van der Waals surface area contributed by atoms with Crippen LogP contribution < -0.4 is 11.2 Å². The average molecular weight is 448 g/mol. The van der Waals surface area contributed by atoms with Crippen molar-refractivity contribution >= 4 is 49.6 Å². The Balaban J connectivity index is 1.90. The van der Waals surface area contributed by atoms with E-state index in [-0.39, 0.29) is 11.8 Å². The Hall–Kier alpha value is -2.19. The van der Waals surface area contributed by atoms with Gasteiger partial charge in [0.15, 0.2) is 5.82 Å². The Morgan fingerprint density at radius 3 is 2.86 bits per heavy atom. The van der Waals surface area contributed by atoms with Gasteiger partial charge in [0.2, 0.25) is 5.91 Å². The van der Waals surface area contributed by atoms with E-state index in [0.717, 1.165) is 58.0 Å². The summed E-state index contributed by atoms with van der Waals surface area (Å²) in [5.74, 6) is 1.22. The molecule has 0 aliphatic rings. The first-order valence-electron chi connectivity index (χ1n) is 9.57. The van der Waals surface area contributed by atoms with E-state index in [2.05, 4.69) is 37.9 Å². The summed E-state index contributed by atoms with van der Waals surface area (Å²) in [5, 5.41) is 1.02. The molecule has 0 atom stereocenters. The van der Waals surface area contributed by atoms with Crippen LogP contribution in [-0.2, 0) is 22.6 Å². The van der Waals surface area contributed by atoms with Gasteiger partial charge < -0.3 is 10.3 Å². The smallest absolute Gasteiger partial charge is 0.246 e. The Morgan fingerprint density at radius 2 is 2.14 bits per heavy atom. The molecular formula is C20H26BrN5O2. The first-order valence-corrected chi connectivity index (χ1v) is 10.4. The highest BCUT2D eigenvalue weighted by molar-refractivity contribution is 9.10. The fraction of sp³-hybridized carbons (Fsp3) is 0.450. The highest BCUT2D eigenvalue weighted by Crippen LogP contribution is 2.31. The zero-order valence-corrected chi connectivity index (χ0v) is 18.0. The van der Waals surface area contributed by atoms with Gasteiger partial charge in [-0.1, -0.05) is 36.7 Å². The SMILES string of the molecule is CCCc1nc2c(N)nc3cc(Br)ccc3c2n1CCCONC(=O)C(C)C. The molecule has 8 heteroatoms. The summed E-state index contributed by atoms with van der Waals surface area (Å²) in [6, 6.07) is 6.01. The molecular weight excluding hydrogens is 422 g/mol. The number of anilines is 1. The third-order valence-electron chi connectivity index (χ3n) is 4.54. The van der Waals surface area contributed by atoms with Crippen molar-refractivity contribution in [3.63, 3.8) is 0 Å². The number of nitrogens with zero attached hydrogens (tertiary/aromatic N) is 3. The van der Waals surface area contributed by atoms with Gasteiger partial charge in [-0.25, -0.2) is 15.4 Å². The van der Waals surface area contributed by atoms with E-state index in [4.69, 9.17) is 15.6 Å². The number of hydrogen-bond acceptors (Lipinski definition) is 5. The molecule has 28 heavy (non-hydrogen) atoms. The summed E-state index contributed by atoms with van der Waals surface area (Å²) in [7, 11) is 0. The topological polar surface area (TPSA) is 95.1 Å². The fourth-order valence-corrected chi connectivity index (χ4v) is 3.47. The monoisotopic (exact) mass is 447 g/mol. The third kappa shape index (κ3) is 4.28. The van der Waals surface area contributed by atoms with Gasteiger partial charge in [0.05, 0.1) is 17.6 Å². The first-order chi connectivity index (χ1) is 13.4.